The number of hydrogen-bond donors (Lipinski definition) is 1. The van der Waals surface area contributed by atoms with Crippen LogP contribution >= 0.6 is 0 Å². The van der Waals surface area contributed by atoms with Gasteiger partial charge in [0, 0.05) is 37.4 Å². The van der Waals surface area contributed by atoms with Gasteiger partial charge in [-0.1, -0.05) is 6.07 Å². The Kier molecular flexibility index (Phi) is 3.17. The normalized spacial score (nSPS) is 27.4. The number of piperidine rings is 1. The van der Waals surface area contributed by atoms with Crippen LogP contribution in [0.3, 0.4) is 0 Å². The molecule has 0 saturated carbocycles. The average Bonchev–Trinajstić information content (AvgIpc) is 2.35. The number of piperazine rings is 1. The molecule has 3 saturated heterocycles. The van der Waals surface area contributed by atoms with Crippen molar-refractivity contribution in [1.29, 1.82) is 0 Å². The van der Waals surface area contributed by atoms with E-state index in [1.165, 1.54) is 6.07 Å². The van der Waals surface area contributed by atoms with Gasteiger partial charge in [0.2, 0.25) is 0 Å². The van der Waals surface area contributed by atoms with E-state index >= 15 is 0 Å². The van der Waals surface area contributed by atoms with Crippen molar-refractivity contribution in [3.8, 4) is 0 Å². The smallest absolute Gasteiger partial charge is 0.399 e. The van der Waals surface area contributed by atoms with Crippen LogP contribution in [0.15, 0.2) is 18.2 Å². The molecule has 4 rings (SSSR count). The Labute approximate surface area is 116 Å². The lowest BCUT2D eigenvalue weighted by Gasteiger charge is -2.56. The number of alkyl halides is 3. The van der Waals surface area contributed by atoms with Gasteiger partial charge in [0.1, 0.15) is 0 Å². The zero-order chi connectivity index (χ0) is 14.5. The molecule has 0 aliphatic carbocycles. The molecule has 1 aromatic rings. The molecule has 0 aromatic heterocycles. The quantitative estimate of drug-likeness (QED) is 0.845. The van der Waals surface area contributed by atoms with E-state index in [9.17, 15) is 13.2 Å². The van der Waals surface area contributed by atoms with Crippen molar-refractivity contribution < 1.29 is 13.2 Å². The van der Waals surface area contributed by atoms with Gasteiger partial charge in [0.15, 0.2) is 0 Å². The highest BCUT2D eigenvalue weighted by molar-refractivity contribution is 5.46. The summed E-state index contributed by atoms with van der Waals surface area (Å²) in [6, 6.07) is 4.87. The molecule has 1 aromatic carbocycles. The molecule has 2 unspecified atom stereocenters. The van der Waals surface area contributed by atoms with E-state index in [1.807, 2.05) is 0 Å². The monoisotopic (exact) mass is 285 g/mol. The first-order valence-electron chi connectivity index (χ1n) is 6.74. The number of benzene rings is 1. The molecule has 20 heavy (non-hydrogen) atoms. The number of fused-ring (bicyclic) bond motifs is 2. The van der Waals surface area contributed by atoms with Crippen LogP contribution in [0.1, 0.15) is 17.5 Å². The Morgan fingerprint density at radius 3 is 2.50 bits per heavy atom. The van der Waals surface area contributed by atoms with Crippen LogP contribution in [-0.2, 0) is 12.7 Å². The number of anilines is 1. The molecule has 0 amide bonds. The van der Waals surface area contributed by atoms with Gasteiger partial charge < -0.3 is 10.6 Å². The zero-order valence-corrected chi connectivity index (χ0v) is 11.3. The van der Waals surface area contributed by atoms with Crippen LogP contribution < -0.4 is 5.73 Å². The van der Waals surface area contributed by atoms with Crippen LogP contribution in [-0.4, -0.2) is 42.0 Å². The van der Waals surface area contributed by atoms with Crippen LogP contribution in [0.25, 0.3) is 0 Å². The Hall–Kier alpha value is -1.27. The highest BCUT2D eigenvalue weighted by atomic mass is 19.4. The van der Waals surface area contributed by atoms with Crippen LogP contribution in [0.5, 0.6) is 0 Å². The lowest BCUT2D eigenvalue weighted by molar-refractivity contribution is -0.139. The summed E-state index contributed by atoms with van der Waals surface area (Å²) in [6.45, 7) is 2.23. The maximum absolute atomic E-state index is 13.1. The summed E-state index contributed by atoms with van der Waals surface area (Å²) in [4.78, 5) is 4.42. The first kappa shape index (κ1) is 13.7. The highest BCUT2D eigenvalue weighted by Crippen LogP contribution is 2.37. The molecule has 110 valence electrons. The van der Waals surface area contributed by atoms with E-state index in [4.69, 9.17) is 5.73 Å². The molecule has 2 atom stereocenters. The second kappa shape index (κ2) is 4.63. The van der Waals surface area contributed by atoms with Gasteiger partial charge in [0.05, 0.1) is 5.56 Å². The summed E-state index contributed by atoms with van der Waals surface area (Å²) in [5.41, 5.74) is 5.37. The van der Waals surface area contributed by atoms with Crippen LogP contribution in [0.2, 0.25) is 0 Å². The summed E-state index contributed by atoms with van der Waals surface area (Å²) in [7, 11) is 2.06. The lowest BCUT2D eigenvalue weighted by Crippen LogP contribution is -2.67. The summed E-state index contributed by atoms with van der Waals surface area (Å²) in [5, 5.41) is 0. The third kappa shape index (κ3) is 2.38. The standard InChI is InChI=1S/C14H18F3N3/c1-19-7-11-5-12(8-19)20(11)6-9-2-3-10(18)4-13(9)14(15,16)17/h2-4,11-12H,5-8,18H2,1H3. The molecule has 0 spiro atoms. The van der Waals surface area contributed by atoms with Gasteiger partial charge in [-0.2, -0.15) is 13.2 Å². The van der Waals surface area contributed by atoms with Crippen molar-refractivity contribution in [2.75, 3.05) is 25.9 Å². The maximum atomic E-state index is 13.1. The number of nitrogen functional groups attached to an aromatic ring is 1. The van der Waals surface area contributed by atoms with Crippen molar-refractivity contribution in [3.05, 3.63) is 29.3 Å². The van der Waals surface area contributed by atoms with Crippen molar-refractivity contribution in [1.82, 2.24) is 9.80 Å². The average molecular weight is 285 g/mol. The molecule has 3 nitrogen and oxygen atoms in total. The number of rotatable bonds is 2. The van der Waals surface area contributed by atoms with E-state index in [0.29, 0.717) is 24.2 Å². The summed E-state index contributed by atoms with van der Waals surface area (Å²) < 4.78 is 39.2. The van der Waals surface area contributed by atoms with Gasteiger partial charge in [-0.3, -0.25) is 4.90 Å². The Balaban J connectivity index is 1.82. The first-order chi connectivity index (χ1) is 9.34. The lowest BCUT2D eigenvalue weighted by atomic mass is 9.86. The Morgan fingerprint density at radius 1 is 1.25 bits per heavy atom. The second-order valence-corrected chi connectivity index (χ2v) is 5.85. The molecule has 3 aliphatic heterocycles. The van der Waals surface area contributed by atoms with E-state index < -0.39 is 11.7 Å². The van der Waals surface area contributed by atoms with E-state index in [0.717, 1.165) is 25.6 Å². The van der Waals surface area contributed by atoms with Gasteiger partial charge in [-0.15, -0.1) is 0 Å². The SMILES string of the molecule is CN1CC2CC(C1)N2Cc1ccc(N)cc1C(F)(F)F. The summed E-state index contributed by atoms with van der Waals surface area (Å²) in [6.07, 6.45) is -3.25. The third-order valence-electron chi connectivity index (χ3n) is 4.32. The van der Waals surface area contributed by atoms with Gasteiger partial charge in [-0.25, -0.2) is 0 Å². The van der Waals surface area contributed by atoms with E-state index in [-0.39, 0.29) is 5.69 Å². The van der Waals surface area contributed by atoms with Crippen molar-refractivity contribution >= 4 is 5.69 Å². The molecule has 3 fully saturated rings. The molecule has 2 bridgehead atoms. The van der Waals surface area contributed by atoms with Gasteiger partial charge >= 0.3 is 6.18 Å². The third-order valence-corrected chi connectivity index (χ3v) is 4.32. The number of nitrogens with two attached hydrogens (primary N) is 1. The Morgan fingerprint density at radius 2 is 1.90 bits per heavy atom. The molecular weight excluding hydrogens is 267 g/mol. The fourth-order valence-electron chi connectivity index (χ4n) is 3.35. The van der Waals surface area contributed by atoms with Crippen LogP contribution in [0, 0.1) is 0 Å². The minimum atomic E-state index is -4.35. The number of likely N-dealkylation sites (N-methyl/N-ethyl adjacent to an activating group) is 1. The summed E-state index contributed by atoms with van der Waals surface area (Å²) in [5.74, 6) is 0. The number of nitrogens with zero attached hydrogens (tertiary/aromatic N) is 2. The molecule has 6 heteroatoms. The maximum Gasteiger partial charge on any atom is 0.416 e. The molecule has 2 N–H and O–H groups in total. The number of hydrogen-bond acceptors (Lipinski definition) is 3. The fourth-order valence-corrected chi connectivity index (χ4v) is 3.35. The Bertz CT molecular complexity index is 503. The van der Waals surface area contributed by atoms with E-state index in [2.05, 4.69) is 16.8 Å². The highest BCUT2D eigenvalue weighted by Gasteiger charge is 2.44. The van der Waals surface area contributed by atoms with Gasteiger partial charge in [0.25, 0.3) is 0 Å². The largest absolute Gasteiger partial charge is 0.416 e. The number of halogens is 3. The first-order valence-corrected chi connectivity index (χ1v) is 6.74. The minimum Gasteiger partial charge on any atom is -0.399 e. The second-order valence-electron chi connectivity index (χ2n) is 5.85. The zero-order valence-electron chi connectivity index (χ0n) is 11.3. The predicted molar refractivity (Wildman–Crippen MR) is 71.1 cm³/mol. The fraction of sp³-hybridized carbons (Fsp3) is 0.571. The van der Waals surface area contributed by atoms with Crippen molar-refractivity contribution in [3.63, 3.8) is 0 Å². The molecular formula is C14H18F3N3. The molecule has 3 aliphatic rings. The van der Waals surface area contributed by atoms with Gasteiger partial charge in [-0.05, 0) is 31.2 Å². The predicted octanol–water partition coefficient (Wildman–Crippen LogP) is 2.18. The minimum absolute atomic E-state index is 0.157. The van der Waals surface area contributed by atoms with E-state index in [1.54, 1.807) is 6.07 Å². The van der Waals surface area contributed by atoms with Crippen molar-refractivity contribution in [2.45, 2.75) is 31.2 Å². The van der Waals surface area contributed by atoms with Crippen LogP contribution in [0.4, 0.5) is 18.9 Å². The topological polar surface area (TPSA) is 32.5 Å². The molecule has 0 radical (unpaired) electrons. The molecule has 3 heterocycles. The van der Waals surface area contributed by atoms with Crippen molar-refractivity contribution in [2.24, 2.45) is 0 Å². The summed E-state index contributed by atoms with van der Waals surface area (Å²) >= 11 is 0.